The van der Waals surface area contributed by atoms with E-state index in [1.807, 2.05) is 6.07 Å². The van der Waals surface area contributed by atoms with Crippen LogP contribution in [0.4, 0.5) is 0 Å². The number of benzene rings is 3. The van der Waals surface area contributed by atoms with E-state index in [4.69, 9.17) is 9.72 Å². The van der Waals surface area contributed by atoms with Gasteiger partial charge in [-0.3, -0.25) is 4.79 Å². The topological polar surface area (TPSA) is 56.1 Å². The van der Waals surface area contributed by atoms with Crippen molar-refractivity contribution in [1.29, 1.82) is 0 Å². The van der Waals surface area contributed by atoms with E-state index in [1.54, 1.807) is 31.4 Å². The maximum atomic E-state index is 12.5. The Hall–Kier alpha value is -3.60. The van der Waals surface area contributed by atoms with Crippen LogP contribution < -0.4 is 10.1 Å². The molecule has 4 aromatic rings. The molecule has 0 atom stereocenters. The summed E-state index contributed by atoms with van der Waals surface area (Å²) >= 11 is 0. The van der Waals surface area contributed by atoms with Crippen LogP contribution in [0.5, 0.6) is 5.75 Å². The monoisotopic (exact) mass is 455 g/mol. The smallest absolute Gasteiger partial charge is 0.251 e. The zero-order valence-electron chi connectivity index (χ0n) is 20.7. The van der Waals surface area contributed by atoms with E-state index in [0.29, 0.717) is 12.1 Å². The van der Waals surface area contributed by atoms with Crippen LogP contribution in [0, 0.1) is 27.7 Å². The highest BCUT2D eigenvalue weighted by molar-refractivity contribution is 5.94. The summed E-state index contributed by atoms with van der Waals surface area (Å²) in [7, 11) is 1.62. The number of methoxy groups -OCH3 is 1. The molecule has 0 bridgehead atoms. The first-order chi connectivity index (χ1) is 16.4. The third-order valence-corrected chi connectivity index (χ3v) is 6.79. The van der Waals surface area contributed by atoms with Crippen LogP contribution in [0.2, 0.25) is 0 Å². The maximum absolute atomic E-state index is 12.5. The van der Waals surface area contributed by atoms with Crippen molar-refractivity contribution in [3.63, 3.8) is 0 Å². The van der Waals surface area contributed by atoms with E-state index in [-0.39, 0.29) is 5.91 Å². The van der Waals surface area contributed by atoms with Gasteiger partial charge in [0.15, 0.2) is 0 Å². The molecule has 34 heavy (non-hydrogen) atoms. The Morgan fingerprint density at radius 3 is 2.32 bits per heavy atom. The average Bonchev–Trinajstić information content (AvgIpc) is 3.20. The molecule has 5 nitrogen and oxygen atoms in total. The summed E-state index contributed by atoms with van der Waals surface area (Å²) in [6.45, 7) is 10.2. The summed E-state index contributed by atoms with van der Waals surface area (Å²) in [4.78, 5) is 17.4. The third-order valence-electron chi connectivity index (χ3n) is 6.79. The molecule has 0 saturated carbocycles. The molecule has 1 N–H and O–H groups in total. The first-order valence-electron chi connectivity index (χ1n) is 11.8. The number of carbonyl (C=O) groups excluding carboxylic acids is 1. The van der Waals surface area contributed by atoms with Gasteiger partial charge in [0.1, 0.15) is 11.6 Å². The number of para-hydroxylation sites is 2. The number of aryl methyl sites for hydroxylation is 3. The molecule has 4 rings (SSSR count). The number of rotatable bonds is 8. The van der Waals surface area contributed by atoms with E-state index < -0.39 is 0 Å². The molecule has 176 valence electrons. The molecule has 0 spiro atoms. The van der Waals surface area contributed by atoms with E-state index in [0.717, 1.165) is 42.0 Å². The minimum absolute atomic E-state index is 0.0716. The van der Waals surface area contributed by atoms with Crippen molar-refractivity contribution < 1.29 is 9.53 Å². The summed E-state index contributed by atoms with van der Waals surface area (Å²) in [6.07, 6.45) is 1.61. The van der Waals surface area contributed by atoms with Crippen LogP contribution in [0.25, 0.3) is 11.0 Å². The van der Waals surface area contributed by atoms with Crippen LogP contribution in [0.1, 0.15) is 50.4 Å². The second-order valence-electron chi connectivity index (χ2n) is 8.93. The van der Waals surface area contributed by atoms with E-state index >= 15 is 0 Å². The standard InChI is InChI=1S/C29H33N3O2/c1-19-17-20(2)22(4)25(21(19)3)18-32-27-10-7-6-9-26(27)31-28(32)11-8-16-30-29(33)23-12-14-24(34-5)15-13-23/h6-7,9-10,12-15,17H,8,11,16,18H2,1-5H3,(H,30,33). The lowest BCUT2D eigenvalue weighted by molar-refractivity contribution is 0.0953. The predicted octanol–water partition coefficient (Wildman–Crippen LogP) is 5.69. The fourth-order valence-electron chi connectivity index (χ4n) is 4.48. The summed E-state index contributed by atoms with van der Waals surface area (Å²) in [5.74, 6) is 1.72. The Balaban J connectivity index is 1.50. The molecule has 1 aromatic heterocycles. The van der Waals surface area contributed by atoms with Crippen LogP contribution >= 0.6 is 0 Å². The largest absolute Gasteiger partial charge is 0.497 e. The third kappa shape index (κ3) is 4.84. The number of carbonyl (C=O) groups is 1. The molecule has 0 radical (unpaired) electrons. The van der Waals surface area contributed by atoms with Crippen LogP contribution in [-0.2, 0) is 13.0 Å². The lowest BCUT2D eigenvalue weighted by Gasteiger charge is -2.18. The fraction of sp³-hybridized carbons (Fsp3) is 0.310. The van der Waals surface area contributed by atoms with Gasteiger partial charge in [-0.15, -0.1) is 0 Å². The number of aromatic nitrogens is 2. The Kier molecular flexibility index (Phi) is 7.01. The Bertz CT molecular complexity index is 1290. The van der Waals surface area contributed by atoms with Gasteiger partial charge in [-0.25, -0.2) is 4.98 Å². The second-order valence-corrected chi connectivity index (χ2v) is 8.93. The summed E-state index contributed by atoms with van der Waals surface area (Å²) in [6, 6.07) is 17.7. The van der Waals surface area contributed by atoms with Crippen molar-refractivity contribution >= 4 is 16.9 Å². The van der Waals surface area contributed by atoms with Gasteiger partial charge in [0.2, 0.25) is 0 Å². The van der Waals surface area contributed by atoms with Gasteiger partial charge in [0, 0.05) is 25.1 Å². The van der Waals surface area contributed by atoms with Gasteiger partial charge < -0.3 is 14.6 Å². The van der Waals surface area contributed by atoms with Crippen LogP contribution in [-0.4, -0.2) is 29.1 Å². The molecule has 0 unspecified atom stereocenters. The van der Waals surface area contributed by atoms with Gasteiger partial charge in [0.05, 0.1) is 18.1 Å². The molecule has 0 saturated heterocycles. The van der Waals surface area contributed by atoms with Crippen molar-refractivity contribution in [3.05, 3.63) is 93.8 Å². The van der Waals surface area contributed by atoms with Crippen molar-refractivity contribution in [2.24, 2.45) is 0 Å². The first kappa shape index (κ1) is 23.6. The number of amides is 1. The Morgan fingerprint density at radius 2 is 1.65 bits per heavy atom. The van der Waals surface area contributed by atoms with E-state index in [9.17, 15) is 4.79 Å². The highest BCUT2D eigenvalue weighted by Crippen LogP contribution is 2.26. The summed E-state index contributed by atoms with van der Waals surface area (Å²) in [5, 5.41) is 3.03. The fourth-order valence-corrected chi connectivity index (χ4v) is 4.48. The van der Waals surface area contributed by atoms with Gasteiger partial charge in [-0.1, -0.05) is 18.2 Å². The zero-order chi connectivity index (χ0) is 24.2. The van der Waals surface area contributed by atoms with Crippen LogP contribution in [0.15, 0.2) is 54.6 Å². The van der Waals surface area contributed by atoms with Crippen molar-refractivity contribution in [3.8, 4) is 5.75 Å². The number of nitrogens with zero attached hydrogens (tertiary/aromatic N) is 2. The Morgan fingerprint density at radius 1 is 0.971 bits per heavy atom. The molecule has 1 heterocycles. The minimum Gasteiger partial charge on any atom is -0.497 e. The molecular weight excluding hydrogens is 422 g/mol. The number of hydrogen-bond acceptors (Lipinski definition) is 3. The summed E-state index contributed by atoms with van der Waals surface area (Å²) in [5.41, 5.74) is 9.51. The molecule has 5 heteroatoms. The van der Waals surface area contributed by atoms with Gasteiger partial charge in [-0.2, -0.15) is 0 Å². The van der Waals surface area contributed by atoms with E-state index in [1.165, 1.54) is 27.8 Å². The lowest BCUT2D eigenvalue weighted by Crippen LogP contribution is -2.25. The van der Waals surface area contributed by atoms with Crippen molar-refractivity contribution in [2.75, 3.05) is 13.7 Å². The first-order valence-corrected chi connectivity index (χ1v) is 11.8. The highest BCUT2D eigenvalue weighted by atomic mass is 16.5. The van der Waals surface area contributed by atoms with Crippen LogP contribution in [0.3, 0.4) is 0 Å². The molecule has 0 aliphatic heterocycles. The van der Waals surface area contributed by atoms with Gasteiger partial charge >= 0.3 is 0 Å². The Labute approximate surface area is 201 Å². The quantitative estimate of drug-likeness (QED) is 0.347. The zero-order valence-corrected chi connectivity index (χ0v) is 20.7. The minimum atomic E-state index is -0.0716. The maximum Gasteiger partial charge on any atom is 0.251 e. The normalized spacial score (nSPS) is 11.1. The molecular formula is C29H33N3O2. The lowest BCUT2D eigenvalue weighted by atomic mass is 9.94. The SMILES string of the molecule is COc1ccc(C(=O)NCCCc2nc3ccccc3n2Cc2c(C)c(C)cc(C)c2C)cc1. The van der Waals surface area contributed by atoms with Crippen molar-refractivity contribution in [2.45, 2.75) is 47.1 Å². The van der Waals surface area contributed by atoms with E-state index in [2.05, 4.69) is 61.8 Å². The predicted molar refractivity (Wildman–Crippen MR) is 138 cm³/mol. The number of fused-ring (bicyclic) bond motifs is 1. The average molecular weight is 456 g/mol. The number of ether oxygens (including phenoxy) is 1. The van der Waals surface area contributed by atoms with Gasteiger partial charge in [-0.05, 0) is 98.3 Å². The molecule has 3 aromatic carbocycles. The molecule has 0 fully saturated rings. The number of hydrogen-bond donors (Lipinski definition) is 1. The van der Waals surface area contributed by atoms with Gasteiger partial charge in [0.25, 0.3) is 5.91 Å². The molecule has 0 aliphatic rings. The molecule has 0 aliphatic carbocycles. The summed E-state index contributed by atoms with van der Waals surface area (Å²) < 4.78 is 7.50. The number of imidazole rings is 1. The second kappa shape index (κ2) is 10.1. The molecule has 1 amide bonds. The highest BCUT2D eigenvalue weighted by Gasteiger charge is 2.15. The van der Waals surface area contributed by atoms with Crippen molar-refractivity contribution in [1.82, 2.24) is 14.9 Å². The number of nitrogens with one attached hydrogen (secondary N) is 1.